The van der Waals surface area contributed by atoms with Crippen LogP contribution in [0.4, 0.5) is 0 Å². The Hall–Kier alpha value is -3.71. The fourth-order valence-electron chi connectivity index (χ4n) is 4.02. The minimum absolute atomic E-state index is 0.0303. The van der Waals surface area contributed by atoms with Gasteiger partial charge >= 0.3 is 0 Å². The standard InChI is InChI=1S/C28H26N2O2/c1-19(2)12-28(31)24-15-22(26-11-7-6-10-21(26)18-29)14-23(16-24)27-17-25(32-30-27)13-20-8-4-3-5-9-20/h3-11,14-16,19,25H,12-13,17H2,1-2H3. The summed E-state index contributed by atoms with van der Waals surface area (Å²) in [7, 11) is 0. The molecular weight excluding hydrogens is 396 g/mol. The molecule has 1 aliphatic heterocycles. The number of Topliss-reactive ketones (excluding diaryl/α,β-unsaturated/α-hetero) is 1. The smallest absolute Gasteiger partial charge is 0.163 e. The van der Waals surface area contributed by atoms with Crippen LogP contribution in [0.15, 0.2) is 78.0 Å². The maximum atomic E-state index is 12.9. The van der Waals surface area contributed by atoms with Crippen molar-refractivity contribution in [2.75, 3.05) is 0 Å². The zero-order chi connectivity index (χ0) is 22.5. The summed E-state index contributed by atoms with van der Waals surface area (Å²) in [6.07, 6.45) is 1.90. The molecule has 0 fully saturated rings. The number of ketones is 1. The topological polar surface area (TPSA) is 62.4 Å². The van der Waals surface area contributed by atoms with E-state index in [1.54, 1.807) is 6.07 Å². The highest BCUT2D eigenvalue weighted by Gasteiger charge is 2.24. The van der Waals surface area contributed by atoms with Crippen molar-refractivity contribution < 1.29 is 9.63 Å². The number of carbonyl (C=O) groups is 1. The van der Waals surface area contributed by atoms with Gasteiger partial charge in [0.2, 0.25) is 0 Å². The van der Waals surface area contributed by atoms with Crippen LogP contribution in [0.5, 0.6) is 0 Å². The van der Waals surface area contributed by atoms with E-state index in [1.807, 2.05) is 68.4 Å². The molecule has 0 radical (unpaired) electrons. The molecule has 0 N–H and O–H groups in total. The lowest BCUT2D eigenvalue weighted by molar-refractivity contribution is 0.0859. The summed E-state index contributed by atoms with van der Waals surface area (Å²) < 4.78 is 0. The number of hydrogen-bond acceptors (Lipinski definition) is 4. The number of benzene rings is 3. The summed E-state index contributed by atoms with van der Waals surface area (Å²) in [6.45, 7) is 4.08. The Kier molecular flexibility index (Phi) is 6.47. The van der Waals surface area contributed by atoms with E-state index in [2.05, 4.69) is 23.4 Å². The molecule has 3 aromatic rings. The Bertz CT molecular complexity index is 1190. The van der Waals surface area contributed by atoms with Crippen LogP contribution in [0, 0.1) is 17.2 Å². The van der Waals surface area contributed by atoms with Crippen molar-refractivity contribution in [3.8, 4) is 17.2 Å². The lowest BCUT2D eigenvalue weighted by Gasteiger charge is -2.12. The molecule has 0 aromatic heterocycles. The summed E-state index contributed by atoms with van der Waals surface area (Å²) in [5.41, 5.74) is 5.81. The van der Waals surface area contributed by atoms with Gasteiger partial charge < -0.3 is 4.84 Å². The minimum atomic E-state index is -0.0303. The third-order valence-corrected chi connectivity index (χ3v) is 5.58. The van der Waals surface area contributed by atoms with Crippen LogP contribution < -0.4 is 0 Å². The van der Waals surface area contributed by atoms with Crippen molar-refractivity contribution in [2.45, 2.75) is 39.2 Å². The van der Waals surface area contributed by atoms with Crippen molar-refractivity contribution in [3.05, 3.63) is 95.1 Å². The van der Waals surface area contributed by atoms with Crippen LogP contribution in [-0.4, -0.2) is 17.6 Å². The van der Waals surface area contributed by atoms with Gasteiger partial charge in [-0.05, 0) is 46.9 Å². The number of hydrogen-bond donors (Lipinski definition) is 0. The van der Waals surface area contributed by atoms with Gasteiger partial charge in [0, 0.05) is 30.4 Å². The molecule has 1 atom stereocenters. The zero-order valence-electron chi connectivity index (χ0n) is 18.4. The van der Waals surface area contributed by atoms with E-state index in [9.17, 15) is 10.1 Å². The lowest BCUT2D eigenvalue weighted by atomic mass is 9.91. The largest absolute Gasteiger partial charge is 0.391 e. The first-order valence-corrected chi connectivity index (χ1v) is 11.0. The van der Waals surface area contributed by atoms with Crippen molar-refractivity contribution >= 4 is 11.5 Å². The molecule has 0 bridgehead atoms. The van der Waals surface area contributed by atoms with Gasteiger partial charge in [-0.2, -0.15) is 5.26 Å². The van der Waals surface area contributed by atoms with Gasteiger partial charge in [-0.25, -0.2) is 0 Å². The van der Waals surface area contributed by atoms with Crippen LogP contribution in [-0.2, 0) is 11.3 Å². The van der Waals surface area contributed by atoms with Gasteiger partial charge in [0.15, 0.2) is 5.78 Å². The number of nitrogens with zero attached hydrogens (tertiary/aromatic N) is 2. The van der Waals surface area contributed by atoms with Gasteiger partial charge in [0.25, 0.3) is 0 Å². The number of rotatable bonds is 7. The summed E-state index contributed by atoms with van der Waals surface area (Å²) in [6, 6.07) is 25.8. The summed E-state index contributed by atoms with van der Waals surface area (Å²) in [5, 5.41) is 13.9. The Morgan fingerprint density at radius 2 is 1.78 bits per heavy atom. The first-order chi connectivity index (χ1) is 15.5. The van der Waals surface area contributed by atoms with Crippen LogP contribution >= 0.6 is 0 Å². The monoisotopic (exact) mass is 422 g/mol. The predicted molar refractivity (Wildman–Crippen MR) is 127 cm³/mol. The first kappa shape index (κ1) is 21.5. The number of oxime groups is 1. The molecule has 0 saturated heterocycles. The van der Waals surface area contributed by atoms with E-state index < -0.39 is 0 Å². The van der Waals surface area contributed by atoms with E-state index in [1.165, 1.54) is 5.56 Å². The number of carbonyl (C=O) groups excluding carboxylic acids is 1. The molecule has 3 aromatic carbocycles. The normalized spacial score (nSPS) is 15.2. The van der Waals surface area contributed by atoms with Crippen molar-refractivity contribution in [2.24, 2.45) is 11.1 Å². The van der Waals surface area contributed by atoms with Gasteiger partial charge in [-0.15, -0.1) is 0 Å². The van der Waals surface area contributed by atoms with Gasteiger partial charge in [-0.3, -0.25) is 4.79 Å². The molecule has 4 rings (SSSR count). The molecule has 4 heteroatoms. The van der Waals surface area contributed by atoms with Crippen LogP contribution in [0.3, 0.4) is 0 Å². The average molecular weight is 423 g/mol. The van der Waals surface area contributed by atoms with Crippen molar-refractivity contribution in [1.82, 2.24) is 0 Å². The van der Waals surface area contributed by atoms with Crippen molar-refractivity contribution in [1.29, 1.82) is 5.26 Å². The zero-order valence-corrected chi connectivity index (χ0v) is 18.4. The van der Waals surface area contributed by atoms with E-state index in [-0.39, 0.29) is 17.8 Å². The summed E-state index contributed by atoms with van der Waals surface area (Å²) in [5.74, 6) is 0.362. The van der Waals surface area contributed by atoms with E-state index in [0.717, 1.165) is 28.8 Å². The highest BCUT2D eigenvalue weighted by Crippen LogP contribution is 2.29. The second kappa shape index (κ2) is 9.62. The average Bonchev–Trinajstić information content (AvgIpc) is 3.27. The maximum absolute atomic E-state index is 12.9. The van der Waals surface area contributed by atoms with Crippen LogP contribution in [0.2, 0.25) is 0 Å². The molecule has 0 aliphatic carbocycles. The molecule has 1 unspecified atom stereocenters. The molecule has 4 nitrogen and oxygen atoms in total. The first-order valence-electron chi connectivity index (χ1n) is 11.0. The molecule has 32 heavy (non-hydrogen) atoms. The fraction of sp³-hybridized carbons (Fsp3) is 0.250. The SMILES string of the molecule is CC(C)CC(=O)c1cc(C2=NOC(Cc3ccccc3)C2)cc(-c2ccccc2C#N)c1. The molecule has 0 amide bonds. The molecule has 0 spiro atoms. The van der Waals surface area contributed by atoms with E-state index in [4.69, 9.17) is 4.84 Å². The number of nitriles is 1. The molecule has 1 heterocycles. The Morgan fingerprint density at radius 3 is 2.53 bits per heavy atom. The summed E-state index contributed by atoms with van der Waals surface area (Å²) in [4.78, 5) is 18.7. The van der Waals surface area contributed by atoms with Gasteiger partial charge in [-0.1, -0.05) is 67.5 Å². The quantitative estimate of drug-likeness (QED) is 0.427. The highest BCUT2D eigenvalue weighted by atomic mass is 16.6. The van der Waals surface area contributed by atoms with Gasteiger partial charge in [0.05, 0.1) is 17.3 Å². The third kappa shape index (κ3) is 4.95. The predicted octanol–water partition coefficient (Wildman–Crippen LogP) is 6.19. The Morgan fingerprint density at radius 1 is 1.06 bits per heavy atom. The molecular formula is C28H26N2O2. The van der Waals surface area contributed by atoms with Crippen LogP contribution in [0.25, 0.3) is 11.1 Å². The molecule has 0 saturated carbocycles. The van der Waals surface area contributed by atoms with E-state index in [0.29, 0.717) is 24.0 Å². The second-order valence-electron chi connectivity index (χ2n) is 8.64. The second-order valence-corrected chi connectivity index (χ2v) is 8.64. The Balaban J connectivity index is 1.67. The molecule has 1 aliphatic rings. The fourth-order valence-corrected chi connectivity index (χ4v) is 4.02. The summed E-state index contributed by atoms with van der Waals surface area (Å²) >= 11 is 0. The minimum Gasteiger partial charge on any atom is -0.391 e. The van der Waals surface area contributed by atoms with Gasteiger partial charge in [0.1, 0.15) is 6.10 Å². The highest BCUT2D eigenvalue weighted by molar-refractivity contribution is 6.06. The Labute approximate surface area is 189 Å². The van der Waals surface area contributed by atoms with Crippen molar-refractivity contribution in [3.63, 3.8) is 0 Å². The van der Waals surface area contributed by atoms with Crippen LogP contribution in [0.1, 0.15) is 53.7 Å². The lowest BCUT2D eigenvalue weighted by Crippen LogP contribution is -2.12. The van der Waals surface area contributed by atoms with E-state index >= 15 is 0 Å². The maximum Gasteiger partial charge on any atom is 0.163 e. The molecule has 160 valence electrons. The third-order valence-electron chi connectivity index (χ3n) is 5.58.